The van der Waals surface area contributed by atoms with Gasteiger partial charge in [-0.1, -0.05) is 0 Å². The molecule has 1 aromatic rings. The average Bonchev–Trinajstić information content (AvgIpc) is 2.85. The lowest BCUT2D eigenvalue weighted by atomic mass is 10.1. The molecule has 3 N–H and O–H groups in total. The molecule has 1 fully saturated rings. The average molecular weight is 272 g/mol. The van der Waals surface area contributed by atoms with Crippen molar-refractivity contribution in [3.63, 3.8) is 0 Å². The van der Waals surface area contributed by atoms with Crippen LogP contribution in [-0.2, 0) is 14.8 Å². The summed E-state index contributed by atoms with van der Waals surface area (Å²) in [5, 5.41) is 6.54. The first-order valence-corrected chi connectivity index (χ1v) is 7.09. The van der Waals surface area contributed by atoms with Crippen LogP contribution < -0.4 is 5.73 Å². The number of carbonyl (C=O) groups is 1. The van der Waals surface area contributed by atoms with Crippen molar-refractivity contribution in [3.05, 3.63) is 11.4 Å². The number of rotatable bonds is 3. The first-order chi connectivity index (χ1) is 8.34. The first-order valence-electron chi connectivity index (χ1n) is 5.65. The lowest BCUT2D eigenvalue weighted by Gasteiger charge is -2.16. The number of hydrogen-bond donors (Lipinski definition) is 2. The Morgan fingerprint density at radius 3 is 2.61 bits per heavy atom. The van der Waals surface area contributed by atoms with Gasteiger partial charge in [0.2, 0.25) is 15.9 Å². The SMILES string of the molecule is Cc1n[nH]c(C)c1S(=O)(=O)N1CCC(C(N)=O)C1. The van der Waals surface area contributed by atoms with Crippen LogP contribution in [0.2, 0.25) is 0 Å². The molecule has 1 aliphatic rings. The van der Waals surface area contributed by atoms with E-state index in [0.29, 0.717) is 24.4 Å². The molecule has 100 valence electrons. The number of primary amides is 1. The predicted molar refractivity (Wildman–Crippen MR) is 64.1 cm³/mol. The Morgan fingerprint density at radius 2 is 2.17 bits per heavy atom. The molecule has 1 aromatic heterocycles. The summed E-state index contributed by atoms with van der Waals surface area (Å²) in [5.74, 6) is -0.847. The predicted octanol–water partition coefficient (Wildman–Crippen LogP) is -0.478. The maximum Gasteiger partial charge on any atom is 0.246 e. The van der Waals surface area contributed by atoms with Gasteiger partial charge in [-0.15, -0.1) is 0 Å². The van der Waals surface area contributed by atoms with E-state index in [1.54, 1.807) is 13.8 Å². The van der Waals surface area contributed by atoms with Crippen molar-refractivity contribution < 1.29 is 13.2 Å². The van der Waals surface area contributed by atoms with Gasteiger partial charge in [0.05, 0.1) is 17.3 Å². The Kier molecular flexibility index (Phi) is 3.16. The topological polar surface area (TPSA) is 109 Å². The minimum atomic E-state index is -3.59. The van der Waals surface area contributed by atoms with Crippen molar-refractivity contribution in [1.82, 2.24) is 14.5 Å². The van der Waals surface area contributed by atoms with Crippen LogP contribution in [0.15, 0.2) is 4.90 Å². The van der Waals surface area contributed by atoms with Crippen LogP contribution in [0.4, 0.5) is 0 Å². The molecular weight excluding hydrogens is 256 g/mol. The number of amides is 1. The highest BCUT2D eigenvalue weighted by atomic mass is 32.2. The van der Waals surface area contributed by atoms with Crippen LogP contribution >= 0.6 is 0 Å². The van der Waals surface area contributed by atoms with Crippen molar-refractivity contribution >= 4 is 15.9 Å². The summed E-state index contributed by atoms with van der Waals surface area (Å²) >= 11 is 0. The summed E-state index contributed by atoms with van der Waals surface area (Å²) in [6, 6.07) is 0. The van der Waals surface area contributed by atoms with E-state index < -0.39 is 21.8 Å². The fourth-order valence-corrected chi connectivity index (χ4v) is 4.06. The van der Waals surface area contributed by atoms with Gasteiger partial charge in [-0.2, -0.15) is 9.40 Å². The fraction of sp³-hybridized carbons (Fsp3) is 0.600. The minimum absolute atomic E-state index is 0.154. The maximum atomic E-state index is 12.4. The number of nitrogens with zero attached hydrogens (tertiary/aromatic N) is 2. The van der Waals surface area contributed by atoms with E-state index in [1.807, 2.05) is 0 Å². The largest absolute Gasteiger partial charge is 0.369 e. The van der Waals surface area contributed by atoms with E-state index in [2.05, 4.69) is 10.2 Å². The molecule has 1 aliphatic heterocycles. The Labute approximate surface area is 105 Å². The number of carbonyl (C=O) groups excluding carboxylic acids is 1. The summed E-state index contributed by atoms with van der Waals surface area (Å²) in [5.41, 5.74) is 6.15. The van der Waals surface area contributed by atoms with Crippen LogP contribution in [0.3, 0.4) is 0 Å². The molecule has 0 bridgehead atoms. The highest BCUT2D eigenvalue weighted by Crippen LogP contribution is 2.27. The van der Waals surface area contributed by atoms with Gasteiger partial charge in [0.25, 0.3) is 0 Å². The van der Waals surface area contributed by atoms with Gasteiger partial charge in [-0.05, 0) is 20.3 Å². The number of aromatic amines is 1. The molecule has 0 aromatic carbocycles. The van der Waals surface area contributed by atoms with Gasteiger partial charge < -0.3 is 5.73 Å². The van der Waals surface area contributed by atoms with Crippen molar-refractivity contribution in [3.8, 4) is 0 Å². The molecule has 1 atom stereocenters. The standard InChI is InChI=1S/C10H16N4O3S/c1-6-9(7(2)13-12-6)18(16,17)14-4-3-8(5-14)10(11)15/h8H,3-5H2,1-2H3,(H2,11,15)(H,12,13). The lowest BCUT2D eigenvalue weighted by Crippen LogP contribution is -2.32. The molecule has 0 spiro atoms. The van der Waals surface area contributed by atoms with Gasteiger partial charge >= 0.3 is 0 Å². The van der Waals surface area contributed by atoms with Gasteiger partial charge in [-0.3, -0.25) is 9.89 Å². The Bertz CT molecular complexity index is 558. The third-order valence-electron chi connectivity index (χ3n) is 3.21. The first kappa shape index (κ1) is 13.0. The van der Waals surface area contributed by atoms with Crippen molar-refractivity contribution in [2.24, 2.45) is 11.7 Å². The molecule has 0 radical (unpaired) electrons. The third kappa shape index (κ3) is 2.01. The number of aromatic nitrogens is 2. The summed E-state index contributed by atoms with van der Waals surface area (Å²) in [6.45, 7) is 3.77. The van der Waals surface area contributed by atoms with Crippen molar-refractivity contribution in [2.75, 3.05) is 13.1 Å². The molecule has 1 amide bonds. The van der Waals surface area contributed by atoms with E-state index in [4.69, 9.17) is 5.73 Å². The summed E-state index contributed by atoms with van der Waals surface area (Å²) in [4.78, 5) is 11.3. The number of H-pyrrole nitrogens is 1. The van der Waals surface area contributed by atoms with Crippen LogP contribution in [0.5, 0.6) is 0 Å². The number of hydrogen-bond acceptors (Lipinski definition) is 4. The molecular formula is C10H16N4O3S. The zero-order valence-corrected chi connectivity index (χ0v) is 11.1. The second-order valence-corrected chi connectivity index (χ2v) is 6.39. The van der Waals surface area contributed by atoms with Gasteiger partial charge in [-0.25, -0.2) is 8.42 Å². The van der Waals surface area contributed by atoms with Crippen LogP contribution in [-0.4, -0.2) is 41.9 Å². The Balaban J connectivity index is 2.32. The molecule has 1 unspecified atom stereocenters. The monoisotopic (exact) mass is 272 g/mol. The van der Waals surface area contributed by atoms with E-state index in [9.17, 15) is 13.2 Å². The molecule has 1 saturated heterocycles. The lowest BCUT2D eigenvalue weighted by molar-refractivity contribution is -0.121. The van der Waals surface area contributed by atoms with Crippen molar-refractivity contribution in [2.45, 2.75) is 25.2 Å². The third-order valence-corrected chi connectivity index (χ3v) is 5.34. The van der Waals surface area contributed by atoms with Gasteiger partial charge in [0, 0.05) is 13.1 Å². The summed E-state index contributed by atoms with van der Waals surface area (Å²) in [7, 11) is -3.59. The normalized spacial score (nSPS) is 21.3. The van der Waals surface area contributed by atoms with Crippen LogP contribution in [0, 0.1) is 19.8 Å². The molecule has 2 heterocycles. The van der Waals surface area contributed by atoms with Crippen molar-refractivity contribution in [1.29, 1.82) is 0 Å². The summed E-state index contributed by atoms with van der Waals surface area (Å²) < 4.78 is 26.1. The van der Waals surface area contributed by atoms with E-state index in [0.717, 1.165) is 0 Å². The highest BCUT2D eigenvalue weighted by Gasteiger charge is 2.37. The second kappa shape index (κ2) is 4.36. The van der Waals surface area contributed by atoms with Gasteiger partial charge in [0.15, 0.2) is 0 Å². The second-order valence-electron chi connectivity index (χ2n) is 4.51. The molecule has 0 saturated carbocycles. The zero-order chi connectivity index (χ0) is 13.5. The summed E-state index contributed by atoms with van der Waals surface area (Å²) in [6.07, 6.45) is 0.477. The Hall–Kier alpha value is -1.41. The molecule has 7 nitrogen and oxygen atoms in total. The molecule has 8 heteroatoms. The Morgan fingerprint density at radius 1 is 1.50 bits per heavy atom. The van der Waals surface area contributed by atoms with Gasteiger partial charge in [0.1, 0.15) is 4.90 Å². The maximum absolute atomic E-state index is 12.4. The highest BCUT2D eigenvalue weighted by molar-refractivity contribution is 7.89. The number of sulfonamides is 1. The van der Waals surface area contributed by atoms with E-state index in [-0.39, 0.29) is 11.4 Å². The quantitative estimate of drug-likeness (QED) is 0.774. The molecule has 2 rings (SSSR count). The minimum Gasteiger partial charge on any atom is -0.369 e. The number of nitrogens with one attached hydrogen (secondary N) is 1. The fourth-order valence-electron chi connectivity index (χ4n) is 2.23. The number of aryl methyl sites for hydroxylation is 2. The molecule has 0 aliphatic carbocycles. The van der Waals surface area contributed by atoms with Crippen LogP contribution in [0.1, 0.15) is 17.8 Å². The van der Waals surface area contributed by atoms with E-state index in [1.165, 1.54) is 4.31 Å². The zero-order valence-electron chi connectivity index (χ0n) is 10.3. The smallest absolute Gasteiger partial charge is 0.246 e. The number of nitrogens with two attached hydrogens (primary N) is 1. The van der Waals surface area contributed by atoms with Crippen LogP contribution in [0.25, 0.3) is 0 Å². The van der Waals surface area contributed by atoms with E-state index >= 15 is 0 Å². The molecule has 18 heavy (non-hydrogen) atoms.